The highest BCUT2D eigenvalue weighted by Gasteiger charge is 2.16. The van der Waals surface area contributed by atoms with Crippen LogP contribution < -0.4 is 5.32 Å². The summed E-state index contributed by atoms with van der Waals surface area (Å²) in [6.07, 6.45) is 2.54. The second-order valence-corrected chi connectivity index (χ2v) is 6.33. The molecule has 1 aromatic rings. The highest BCUT2D eigenvalue weighted by atomic mass is 32.1. The fraction of sp³-hybridized carbons (Fsp3) is 0.714. The van der Waals surface area contributed by atoms with E-state index in [2.05, 4.69) is 35.5 Å². The van der Waals surface area contributed by atoms with Crippen LogP contribution in [0.25, 0.3) is 0 Å². The zero-order chi connectivity index (χ0) is 12.1. The van der Waals surface area contributed by atoms with Gasteiger partial charge in [0.2, 0.25) is 0 Å². The van der Waals surface area contributed by atoms with Crippen LogP contribution in [0.1, 0.15) is 30.7 Å². The Kier molecular flexibility index (Phi) is 5.01. The van der Waals surface area contributed by atoms with Crippen molar-refractivity contribution in [2.75, 3.05) is 26.2 Å². The molecule has 1 aliphatic heterocycles. The lowest BCUT2D eigenvalue weighted by Gasteiger charge is -2.26. The van der Waals surface area contributed by atoms with Crippen molar-refractivity contribution in [2.24, 2.45) is 5.92 Å². The van der Waals surface area contributed by atoms with Crippen LogP contribution in [0.3, 0.4) is 0 Å². The average Bonchev–Trinajstić information content (AvgIpc) is 2.75. The van der Waals surface area contributed by atoms with Gasteiger partial charge in [-0.3, -0.25) is 4.90 Å². The maximum Gasteiger partial charge on any atom is 0.0245 e. The van der Waals surface area contributed by atoms with E-state index in [4.69, 9.17) is 0 Å². The molecule has 3 heteroatoms. The zero-order valence-corrected chi connectivity index (χ0v) is 11.9. The van der Waals surface area contributed by atoms with E-state index in [9.17, 15) is 0 Å². The average molecular weight is 252 g/mol. The number of hydrogen-bond donors (Lipinski definition) is 1. The normalized spacial score (nSPS) is 16.4. The maximum absolute atomic E-state index is 3.54. The summed E-state index contributed by atoms with van der Waals surface area (Å²) in [5, 5.41) is 5.77. The summed E-state index contributed by atoms with van der Waals surface area (Å²) < 4.78 is 0. The predicted molar refractivity (Wildman–Crippen MR) is 75.6 cm³/mol. The van der Waals surface area contributed by atoms with Crippen LogP contribution in [0, 0.1) is 5.92 Å². The molecule has 0 amide bonds. The first kappa shape index (κ1) is 13.1. The molecule has 0 aliphatic carbocycles. The second-order valence-electron chi connectivity index (χ2n) is 5.33. The molecular weight excluding hydrogens is 228 g/mol. The third-order valence-electron chi connectivity index (χ3n) is 3.39. The Morgan fingerprint density at radius 1 is 1.41 bits per heavy atom. The van der Waals surface area contributed by atoms with Gasteiger partial charge in [0, 0.05) is 31.1 Å². The van der Waals surface area contributed by atoms with Crippen LogP contribution in [0.4, 0.5) is 0 Å². The van der Waals surface area contributed by atoms with Gasteiger partial charge in [-0.2, -0.15) is 0 Å². The van der Waals surface area contributed by atoms with E-state index in [0.29, 0.717) is 0 Å². The second kappa shape index (κ2) is 6.53. The summed E-state index contributed by atoms with van der Waals surface area (Å²) in [4.78, 5) is 4.17. The first-order valence-corrected chi connectivity index (χ1v) is 7.62. The molecule has 96 valence electrons. The molecule has 0 fully saturated rings. The topological polar surface area (TPSA) is 15.3 Å². The first-order valence-electron chi connectivity index (χ1n) is 6.74. The Bertz CT molecular complexity index is 333. The molecule has 17 heavy (non-hydrogen) atoms. The van der Waals surface area contributed by atoms with Crippen molar-refractivity contribution in [3.8, 4) is 0 Å². The Balaban J connectivity index is 1.62. The molecule has 0 spiro atoms. The number of nitrogens with zero attached hydrogens (tertiary/aromatic N) is 1. The molecule has 0 bridgehead atoms. The van der Waals surface area contributed by atoms with E-state index >= 15 is 0 Å². The minimum absolute atomic E-state index is 0.811. The molecule has 0 unspecified atom stereocenters. The van der Waals surface area contributed by atoms with Gasteiger partial charge in [-0.1, -0.05) is 13.8 Å². The highest BCUT2D eigenvalue weighted by Crippen LogP contribution is 2.23. The minimum atomic E-state index is 0.811. The number of hydrogen-bond acceptors (Lipinski definition) is 3. The highest BCUT2D eigenvalue weighted by molar-refractivity contribution is 7.10. The van der Waals surface area contributed by atoms with Crippen molar-refractivity contribution in [3.05, 3.63) is 21.9 Å². The van der Waals surface area contributed by atoms with Crippen LogP contribution in [0.2, 0.25) is 0 Å². The Hall–Kier alpha value is -0.380. The summed E-state index contributed by atoms with van der Waals surface area (Å²) in [6.45, 7) is 10.4. The van der Waals surface area contributed by atoms with Gasteiger partial charge in [-0.05, 0) is 42.3 Å². The molecule has 1 aromatic heterocycles. The van der Waals surface area contributed by atoms with Crippen molar-refractivity contribution in [2.45, 2.75) is 33.2 Å². The van der Waals surface area contributed by atoms with Crippen LogP contribution in [-0.2, 0) is 13.0 Å². The number of rotatable bonds is 6. The molecule has 0 aromatic carbocycles. The predicted octanol–water partition coefficient (Wildman–Crippen LogP) is 2.74. The zero-order valence-electron chi connectivity index (χ0n) is 11.0. The van der Waals surface area contributed by atoms with Gasteiger partial charge in [0.15, 0.2) is 0 Å². The standard InChI is InChI=1S/C14H24N2S/c1-12(2)3-6-15-7-9-16-8-4-14-13(11-16)5-10-17-14/h5,10,12,15H,3-4,6-9,11H2,1-2H3. The van der Waals surface area contributed by atoms with Gasteiger partial charge in [0.05, 0.1) is 0 Å². The molecule has 2 nitrogen and oxygen atoms in total. The van der Waals surface area contributed by atoms with Gasteiger partial charge in [0.25, 0.3) is 0 Å². The molecular formula is C14H24N2S. The molecule has 1 N–H and O–H groups in total. The third-order valence-corrected chi connectivity index (χ3v) is 4.41. The Morgan fingerprint density at radius 2 is 2.29 bits per heavy atom. The van der Waals surface area contributed by atoms with E-state index in [1.807, 2.05) is 11.3 Å². The van der Waals surface area contributed by atoms with E-state index in [1.54, 1.807) is 10.4 Å². The van der Waals surface area contributed by atoms with Gasteiger partial charge in [0.1, 0.15) is 0 Å². The van der Waals surface area contributed by atoms with Crippen molar-refractivity contribution in [3.63, 3.8) is 0 Å². The van der Waals surface area contributed by atoms with Crippen LogP contribution in [0.5, 0.6) is 0 Å². The van der Waals surface area contributed by atoms with Gasteiger partial charge in [-0.25, -0.2) is 0 Å². The fourth-order valence-corrected chi connectivity index (χ4v) is 3.14. The monoisotopic (exact) mass is 252 g/mol. The van der Waals surface area contributed by atoms with Gasteiger partial charge >= 0.3 is 0 Å². The van der Waals surface area contributed by atoms with Crippen LogP contribution >= 0.6 is 11.3 Å². The van der Waals surface area contributed by atoms with Gasteiger partial charge in [-0.15, -0.1) is 11.3 Å². The van der Waals surface area contributed by atoms with Gasteiger partial charge < -0.3 is 5.32 Å². The number of thiophene rings is 1. The molecule has 1 aliphatic rings. The summed E-state index contributed by atoms with van der Waals surface area (Å²) in [5.41, 5.74) is 1.56. The molecule has 2 rings (SSSR count). The smallest absolute Gasteiger partial charge is 0.0245 e. The quantitative estimate of drug-likeness (QED) is 0.783. The van der Waals surface area contributed by atoms with Crippen LogP contribution in [-0.4, -0.2) is 31.1 Å². The van der Waals surface area contributed by atoms with Crippen molar-refractivity contribution in [1.82, 2.24) is 10.2 Å². The summed E-state index contributed by atoms with van der Waals surface area (Å²) in [5.74, 6) is 0.811. The lowest BCUT2D eigenvalue weighted by Crippen LogP contribution is -2.35. The van der Waals surface area contributed by atoms with Crippen molar-refractivity contribution in [1.29, 1.82) is 0 Å². The minimum Gasteiger partial charge on any atom is -0.315 e. The van der Waals surface area contributed by atoms with E-state index < -0.39 is 0 Å². The Morgan fingerprint density at radius 3 is 3.12 bits per heavy atom. The summed E-state index contributed by atoms with van der Waals surface area (Å²) in [6, 6.07) is 2.29. The van der Waals surface area contributed by atoms with E-state index in [1.165, 1.54) is 25.9 Å². The summed E-state index contributed by atoms with van der Waals surface area (Å²) in [7, 11) is 0. The number of nitrogens with one attached hydrogen (secondary N) is 1. The lowest BCUT2D eigenvalue weighted by molar-refractivity contribution is 0.255. The fourth-order valence-electron chi connectivity index (χ4n) is 2.25. The summed E-state index contributed by atoms with van der Waals surface area (Å²) >= 11 is 1.92. The van der Waals surface area contributed by atoms with Crippen LogP contribution in [0.15, 0.2) is 11.4 Å². The molecule has 2 heterocycles. The van der Waals surface area contributed by atoms with E-state index in [-0.39, 0.29) is 0 Å². The largest absolute Gasteiger partial charge is 0.315 e. The van der Waals surface area contributed by atoms with Crippen molar-refractivity contribution >= 4 is 11.3 Å². The molecule has 0 atom stereocenters. The molecule has 0 saturated carbocycles. The lowest BCUT2D eigenvalue weighted by atomic mass is 10.1. The SMILES string of the molecule is CC(C)CCNCCN1CCc2sccc2C1. The Labute approximate surface area is 109 Å². The van der Waals surface area contributed by atoms with Crippen molar-refractivity contribution < 1.29 is 0 Å². The first-order chi connectivity index (χ1) is 8.25. The van der Waals surface area contributed by atoms with E-state index in [0.717, 1.165) is 25.6 Å². The third kappa shape index (κ3) is 4.09. The number of fused-ring (bicyclic) bond motifs is 1. The molecule has 0 saturated heterocycles. The maximum atomic E-state index is 3.54. The molecule has 0 radical (unpaired) electrons.